The highest BCUT2D eigenvalue weighted by atomic mass is 16.5. The minimum Gasteiger partial charge on any atom is -0.497 e. The van der Waals surface area contributed by atoms with Gasteiger partial charge in [-0.2, -0.15) is 0 Å². The van der Waals surface area contributed by atoms with Gasteiger partial charge in [0, 0.05) is 18.8 Å². The Labute approximate surface area is 164 Å². The Kier molecular flexibility index (Phi) is 4.94. The first-order valence-corrected chi connectivity index (χ1v) is 9.59. The zero-order valence-corrected chi connectivity index (χ0v) is 15.8. The predicted molar refractivity (Wildman–Crippen MR) is 106 cm³/mol. The zero-order chi connectivity index (χ0) is 19.7. The maximum Gasteiger partial charge on any atom is 0.308 e. The number of carboxylic acids is 1. The molecule has 1 aliphatic carbocycles. The second-order valence-corrected chi connectivity index (χ2v) is 7.56. The number of methoxy groups -OCH3 is 1. The highest BCUT2D eigenvalue weighted by Gasteiger charge is 2.47. The van der Waals surface area contributed by atoms with Gasteiger partial charge in [-0.3, -0.25) is 9.59 Å². The van der Waals surface area contributed by atoms with E-state index < -0.39 is 11.9 Å². The number of hydrogen-bond donors (Lipinski definition) is 2. The maximum atomic E-state index is 13.2. The van der Waals surface area contributed by atoms with Crippen LogP contribution < -0.4 is 10.1 Å². The summed E-state index contributed by atoms with van der Waals surface area (Å²) in [5, 5.41) is 12.9. The molecule has 4 rings (SSSR count). The molecule has 2 fully saturated rings. The van der Waals surface area contributed by atoms with Crippen LogP contribution in [-0.4, -0.2) is 42.1 Å². The van der Waals surface area contributed by atoms with Gasteiger partial charge in [-0.1, -0.05) is 12.1 Å². The minimum atomic E-state index is -0.795. The van der Waals surface area contributed by atoms with E-state index in [1.807, 2.05) is 42.5 Å². The number of ether oxygens (including phenoxy) is 1. The molecular formula is C22H24N2O4. The molecule has 2 N–H and O–H groups in total. The molecule has 0 spiro atoms. The SMILES string of the molecule is COc1ccc(Nc2ccccc2C(=O)N2C[C@H](C(=O)O)[C@@H](C3CC3)C2)cc1. The van der Waals surface area contributed by atoms with E-state index in [9.17, 15) is 14.7 Å². The lowest BCUT2D eigenvalue weighted by atomic mass is 9.92. The summed E-state index contributed by atoms with van der Waals surface area (Å²) in [6.07, 6.45) is 2.15. The van der Waals surface area contributed by atoms with E-state index in [1.54, 1.807) is 18.1 Å². The Bertz CT molecular complexity index is 876. The Morgan fingerprint density at radius 3 is 2.43 bits per heavy atom. The van der Waals surface area contributed by atoms with Crippen LogP contribution in [0, 0.1) is 17.8 Å². The summed E-state index contributed by atoms with van der Waals surface area (Å²) < 4.78 is 5.18. The van der Waals surface area contributed by atoms with E-state index in [0.29, 0.717) is 23.7 Å². The summed E-state index contributed by atoms with van der Waals surface area (Å²) >= 11 is 0. The molecule has 1 aliphatic heterocycles. The number of amides is 1. The van der Waals surface area contributed by atoms with Gasteiger partial charge in [0.25, 0.3) is 5.91 Å². The second kappa shape index (κ2) is 7.54. The normalized spacial score (nSPS) is 21.4. The van der Waals surface area contributed by atoms with Crippen molar-refractivity contribution in [2.75, 3.05) is 25.5 Å². The molecule has 146 valence electrons. The predicted octanol–water partition coefficient (Wildman–Crippen LogP) is 3.62. The Hall–Kier alpha value is -3.02. The number of rotatable bonds is 6. The first kappa shape index (κ1) is 18.3. The van der Waals surface area contributed by atoms with Gasteiger partial charge in [-0.05, 0) is 61.1 Å². The largest absolute Gasteiger partial charge is 0.497 e. The van der Waals surface area contributed by atoms with Crippen LogP contribution in [0.25, 0.3) is 0 Å². The lowest BCUT2D eigenvalue weighted by molar-refractivity contribution is -0.142. The van der Waals surface area contributed by atoms with Crippen molar-refractivity contribution in [2.45, 2.75) is 12.8 Å². The number of nitrogens with zero attached hydrogens (tertiary/aromatic N) is 1. The number of carbonyl (C=O) groups excluding carboxylic acids is 1. The van der Waals surface area contributed by atoms with E-state index in [-0.39, 0.29) is 18.4 Å². The van der Waals surface area contributed by atoms with Crippen LogP contribution in [0.2, 0.25) is 0 Å². The van der Waals surface area contributed by atoms with Crippen molar-refractivity contribution >= 4 is 23.3 Å². The molecule has 1 saturated carbocycles. The molecule has 2 aromatic rings. The fourth-order valence-corrected chi connectivity index (χ4v) is 4.04. The van der Waals surface area contributed by atoms with E-state index in [2.05, 4.69) is 5.32 Å². The Balaban J connectivity index is 1.54. The van der Waals surface area contributed by atoms with Crippen LogP contribution in [-0.2, 0) is 4.79 Å². The molecule has 0 bridgehead atoms. The number of benzene rings is 2. The van der Waals surface area contributed by atoms with Crippen LogP contribution in [0.5, 0.6) is 5.75 Å². The third kappa shape index (κ3) is 3.67. The molecule has 1 amide bonds. The van der Waals surface area contributed by atoms with Gasteiger partial charge >= 0.3 is 5.97 Å². The van der Waals surface area contributed by atoms with Crippen molar-refractivity contribution in [1.82, 2.24) is 4.90 Å². The molecule has 28 heavy (non-hydrogen) atoms. The molecule has 1 saturated heterocycles. The summed E-state index contributed by atoms with van der Waals surface area (Å²) in [6, 6.07) is 14.8. The number of anilines is 2. The van der Waals surface area contributed by atoms with Gasteiger partial charge in [-0.15, -0.1) is 0 Å². The van der Waals surface area contributed by atoms with Crippen molar-refractivity contribution in [1.29, 1.82) is 0 Å². The molecule has 2 aromatic carbocycles. The molecule has 6 nitrogen and oxygen atoms in total. The van der Waals surface area contributed by atoms with Crippen LogP contribution in [0.3, 0.4) is 0 Å². The summed E-state index contributed by atoms with van der Waals surface area (Å²) in [4.78, 5) is 26.5. The summed E-state index contributed by atoms with van der Waals surface area (Å²) in [7, 11) is 1.62. The third-order valence-corrected chi connectivity index (χ3v) is 5.72. The molecule has 1 heterocycles. The second-order valence-electron chi connectivity index (χ2n) is 7.56. The number of hydrogen-bond acceptors (Lipinski definition) is 4. The maximum absolute atomic E-state index is 13.2. The number of nitrogens with one attached hydrogen (secondary N) is 1. The monoisotopic (exact) mass is 380 g/mol. The van der Waals surface area contributed by atoms with E-state index in [0.717, 1.165) is 24.3 Å². The molecule has 0 aromatic heterocycles. The number of para-hydroxylation sites is 1. The molecular weight excluding hydrogens is 356 g/mol. The average Bonchev–Trinajstić information content (AvgIpc) is 3.46. The quantitative estimate of drug-likeness (QED) is 0.800. The summed E-state index contributed by atoms with van der Waals surface area (Å²) in [5.41, 5.74) is 2.11. The molecule has 6 heteroatoms. The number of carboxylic acid groups (broad SMARTS) is 1. The minimum absolute atomic E-state index is 0.0724. The molecule has 2 aliphatic rings. The number of carbonyl (C=O) groups is 2. The van der Waals surface area contributed by atoms with Gasteiger partial charge < -0.3 is 20.1 Å². The smallest absolute Gasteiger partial charge is 0.308 e. The highest BCUT2D eigenvalue weighted by molar-refractivity contribution is 6.00. The van der Waals surface area contributed by atoms with Crippen molar-refractivity contribution in [3.05, 3.63) is 54.1 Å². The van der Waals surface area contributed by atoms with Crippen LogP contribution in [0.15, 0.2) is 48.5 Å². The Morgan fingerprint density at radius 2 is 1.79 bits per heavy atom. The van der Waals surface area contributed by atoms with Gasteiger partial charge in [0.2, 0.25) is 0 Å². The fraction of sp³-hybridized carbons (Fsp3) is 0.364. The fourth-order valence-electron chi connectivity index (χ4n) is 4.04. The lowest BCUT2D eigenvalue weighted by Crippen LogP contribution is -2.30. The first-order chi connectivity index (χ1) is 13.6. The van der Waals surface area contributed by atoms with Crippen molar-refractivity contribution in [3.8, 4) is 5.75 Å². The van der Waals surface area contributed by atoms with Crippen molar-refractivity contribution < 1.29 is 19.4 Å². The van der Waals surface area contributed by atoms with Gasteiger partial charge in [0.05, 0.1) is 24.3 Å². The third-order valence-electron chi connectivity index (χ3n) is 5.72. The highest BCUT2D eigenvalue weighted by Crippen LogP contribution is 2.44. The van der Waals surface area contributed by atoms with Gasteiger partial charge in [-0.25, -0.2) is 0 Å². The zero-order valence-electron chi connectivity index (χ0n) is 15.8. The molecule has 0 unspecified atom stereocenters. The van der Waals surface area contributed by atoms with Gasteiger partial charge in [0.15, 0.2) is 0 Å². The van der Waals surface area contributed by atoms with Crippen LogP contribution in [0.1, 0.15) is 23.2 Å². The first-order valence-electron chi connectivity index (χ1n) is 9.59. The van der Waals surface area contributed by atoms with E-state index in [4.69, 9.17) is 4.74 Å². The van der Waals surface area contributed by atoms with E-state index in [1.165, 1.54) is 0 Å². The Morgan fingerprint density at radius 1 is 1.07 bits per heavy atom. The molecule has 2 atom stereocenters. The van der Waals surface area contributed by atoms with Crippen LogP contribution >= 0.6 is 0 Å². The van der Waals surface area contributed by atoms with Crippen LogP contribution in [0.4, 0.5) is 11.4 Å². The van der Waals surface area contributed by atoms with Crippen molar-refractivity contribution in [3.63, 3.8) is 0 Å². The summed E-state index contributed by atoms with van der Waals surface area (Å²) in [5.74, 6) is -0.0893. The number of likely N-dealkylation sites (tertiary alicyclic amines) is 1. The molecule has 0 radical (unpaired) electrons. The van der Waals surface area contributed by atoms with Crippen molar-refractivity contribution in [2.24, 2.45) is 17.8 Å². The lowest BCUT2D eigenvalue weighted by Gasteiger charge is -2.19. The topological polar surface area (TPSA) is 78.9 Å². The summed E-state index contributed by atoms with van der Waals surface area (Å²) in [6.45, 7) is 0.809. The number of aliphatic carboxylic acids is 1. The van der Waals surface area contributed by atoms with Gasteiger partial charge in [0.1, 0.15) is 5.75 Å². The van der Waals surface area contributed by atoms with E-state index >= 15 is 0 Å². The average molecular weight is 380 g/mol. The standard InChI is InChI=1S/C22H24N2O4/c1-28-16-10-8-15(9-11-16)23-20-5-3-2-4-17(20)21(25)24-12-18(14-6-7-14)19(13-24)22(26)27/h2-5,8-11,14,18-19,23H,6-7,12-13H2,1H3,(H,26,27)/t18-,19+/m1/s1.